The van der Waals surface area contributed by atoms with Crippen LogP contribution in [0.1, 0.15) is 68.4 Å². The molecule has 0 saturated carbocycles. The number of furan rings is 1. The molecule has 0 aliphatic carbocycles. The molecule has 0 fully saturated rings. The van der Waals surface area contributed by atoms with E-state index < -0.39 is 13.3 Å². The maximum atomic E-state index is 6.56. The number of fused-ring (bicyclic) bond motifs is 4. The van der Waals surface area contributed by atoms with Crippen molar-refractivity contribution in [1.29, 1.82) is 0 Å². The minimum Gasteiger partial charge on any atom is 0 e. The Balaban J connectivity index is 0.000000232. The summed E-state index contributed by atoms with van der Waals surface area (Å²) < 4.78 is 8.10. The first-order chi connectivity index (χ1) is 30.8. The van der Waals surface area contributed by atoms with Gasteiger partial charge in [-0.3, -0.25) is 4.99 Å². The summed E-state index contributed by atoms with van der Waals surface area (Å²) in [5, 5.41) is 2.19. The van der Waals surface area contributed by atoms with Crippen LogP contribution in [0.3, 0.4) is 0 Å². The van der Waals surface area contributed by atoms with Crippen LogP contribution in [0.15, 0.2) is 179 Å². The van der Waals surface area contributed by atoms with Gasteiger partial charge in [0.1, 0.15) is 5.58 Å². The van der Waals surface area contributed by atoms with Crippen LogP contribution in [0, 0.1) is 18.1 Å². The van der Waals surface area contributed by atoms with Gasteiger partial charge in [-0.25, -0.2) is 0 Å². The fourth-order valence-corrected chi connectivity index (χ4v) is 12.5. The first kappa shape index (κ1) is 45.9. The number of aromatic nitrogens is 1. The van der Waals surface area contributed by atoms with Crippen LogP contribution in [0.2, 0.25) is 17.3 Å². The SMILES string of the molecule is CC(C)(C)c1cc(-c2ccccc2)c(C2C(c3[c-]ccc4c3oc3ccccc34)=Nc3ccccc32)c(-c2ccccc2)c1.CC(C)Cc1cc(-c2[c-]cccc2)nc[c]1[Ge]([CH3])([CH3])[CH3].[Ir]. The van der Waals surface area contributed by atoms with Crippen molar-refractivity contribution >= 4 is 51.0 Å². The molecule has 1 aliphatic heterocycles. The first-order valence-electron chi connectivity index (χ1n) is 22.6. The number of hydrogen-bond donors (Lipinski definition) is 0. The third-order valence-corrected chi connectivity index (χ3v) is 16.6. The molecule has 0 saturated heterocycles. The average Bonchev–Trinajstić information content (AvgIpc) is 3.88. The van der Waals surface area contributed by atoms with E-state index in [1.807, 2.05) is 36.4 Å². The molecule has 327 valence electrons. The normalized spacial score (nSPS) is 13.6. The third kappa shape index (κ3) is 9.54. The quantitative estimate of drug-likeness (QED) is 0.112. The van der Waals surface area contributed by atoms with Gasteiger partial charge in [-0.2, -0.15) is 0 Å². The van der Waals surface area contributed by atoms with E-state index in [2.05, 4.69) is 198 Å². The molecule has 3 nitrogen and oxygen atoms in total. The zero-order valence-corrected chi connectivity index (χ0v) is 43.2. The number of nitrogens with zero attached hydrogens (tertiary/aromatic N) is 2. The van der Waals surface area contributed by atoms with Crippen LogP contribution in [-0.2, 0) is 31.9 Å². The Morgan fingerprint density at radius 2 is 1.31 bits per heavy atom. The second-order valence-corrected chi connectivity index (χ2v) is 30.1. The molecule has 9 aromatic rings. The fraction of sp³-hybridized carbons (Fsp3) is 0.200. The summed E-state index contributed by atoms with van der Waals surface area (Å²) >= 11 is -1.86. The van der Waals surface area contributed by atoms with Crippen LogP contribution in [0.25, 0.3) is 55.4 Å². The Labute approximate surface area is 401 Å². The Bertz CT molecular complexity index is 3060. The van der Waals surface area contributed by atoms with Crippen molar-refractivity contribution in [1.82, 2.24) is 4.98 Å². The Morgan fingerprint density at radius 3 is 1.94 bits per heavy atom. The summed E-state index contributed by atoms with van der Waals surface area (Å²) in [6.45, 7) is 11.4. The fourth-order valence-electron chi connectivity index (χ4n) is 9.14. The van der Waals surface area contributed by atoms with Crippen LogP contribution < -0.4 is 4.40 Å². The van der Waals surface area contributed by atoms with Crippen molar-refractivity contribution in [2.24, 2.45) is 10.9 Å². The van der Waals surface area contributed by atoms with Gasteiger partial charge in [0.15, 0.2) is 0 Å². The average molecular weight is 1090 g/mol. The van der Waals surface area contributed by atoms with E-state index in [4.69, 9.17) is 14.4 Å². The maximum absolute atomic E-state index is 6.56. The van der Waals surface area contributed by atoms with E-state index in [-0.39, 0.29) is 31.4 Å². The van der Waals surface area contributed by atoms with Gasteiger partial charge in [0.25, 0.3) is 0 Å². The van der Waals surface area contributed by atoms with Crippen LogP contribution in [0.5, 0.6) is 0 Å². The molecule has 2 aromatic heterocycles. The summed E-state index contributed by atoms with van der Waals surface area (Å²) in [5.74, 6) is 7.87. The number of hydrogen-bond acceptors (Lipinski definition) is 3. The summed E-state index contributed by atoms with van der Waals surface area (Å²) in [4.78, 5) is 10.1. The van der Waals surface area contributed by atoms with Gasteiger partial charge in [0, 0.05) is 31.4 Å². The van der Waals surface area contributed by atoms with Crippen molar-refractivity contribution < 1.29 is 24.5 Å². The standard InChI is InChI=1S/C42H32NO.C18H24GeN.Ir/c1-42(2,3)29-25-34(27-15-6-4-7-16-27)38(35(26-29)28-17-8-5-9-18-28)39-32-20-10-12-23-36(32)43-40(39)33-22-14-21-31-30-19-11-13-24-37(30)44-41(31)33;1-14(2)11-16-12-18(15-9-7-6-8-10-15)20-13-17(16)19(3,4)5;/h4-21,23-26,39H,1-3H3;6-9,12-14H,11H2,1-5H3;/q2*-1;. The van der Waals surface area contributed by atoms with E-state index in [0.717, 1.165) is 56.6 Å². The largest absolute Gasteiger partial charge is 0 e. The van der Waals surface area contributed by atoms with E-state index in [0.29, 0.717) is 5.92 Å². The molecule has 5 heteroatoms. The molecule has 3 heterocycles. The molecular formula is C60H56GeIrN2O-2. The molecular weight excluding hydrogens is 1030 g/mol. The number of benzene rings is 7. The van der Waals surface area contributed by atoms with Gasteiger partial charge in [-0.05, 0) is 62.2 Å². The molecule has 1 aliphatic rings. The predicted octanol–water partition coefficient (Wildman–Crippen LogP) is 15.6. The zero-order chi connectivity index (χ0) is 44.6. The summed E-state index contributed by atoms with van der Waals surface area (Å²) in [6, 6.07) is 64.6. The Kier molecular flexibility index (Phi) is 13.5. The van der Waals surface area contributed by atoms with Crippen molar-refractivity contribution in [2.75, 3.05) is 0 Å². The summed E-state index contributed by atoms with van der Waals surface area (Å²) in [6.07, 6.45) is 3.27. The molecule has 1 unspecified atom stereocenters. The Hall–Kier alpha value is -5.65. The smallest absolute Gasteiger partial charge is 0 e. The molecule has 1 atom stereocenters. The predicted molar refractivity (Wildman–Crippen MR) is 273 cm³/mol. The molecule has 1 radical (unpaired) electrons. The molecule has 0 N–H and O–H groups in total. The first-order valence-corrected chi connectivity index (χ1v) is 29.9. The van der Waals surface area contributed by atoms with Gasteiger partial charge < -0.3 is 4.42 Å². The number of pyridine rings is 1. The molecule has 0 amide bonds. The minimum absolute atomic E-state index is 0. The van der Waals surface area contributed by atoms with Gasteiger partial charge >= 0.3 is 126 Å². The van der Waals surface area contributed by atoms with E-state index in [1.54, 1.807) is 4.40 Å². The maximum Gasteiger partial charge on any atom is 0 e. The molecule has 65 heavy (non-hydrogen) atoms. The second-order valence-electron chi connectivity index (χ2n) is 19.5. The van der Waals surface area contributed by atoms with Crippen molar-refractivity contribution in [3.05, 3.63) is 210 Å². The molecule has 0 spiro atoms. The van der Waals surface area contributed by atoms with Crippen LogP contribution >= 0.6 is 0 Å². The van der Waals surface area contributed by atoms with Gasteiger partial charge in [0.2, 0.25) is 0 Å². The summed E-state index contributed by atoms with van der Waals surface area (Å²) in [7, 11) is 0. The molecule has 0 bridgehead atoms. The van der Waals surface area contributed by atoms with Gasteiger partial charge in [0.05, 0.1) is 11.3 Å². The zero-order valence-electron chi connectivity index (χ0n) is 38.7. The monoisotopic (exact) mass is 1090 g/mol. The van der Waals surface area contributed by atoms with Crippen LogP contribution in [0.4, 0.5) is 5.69 Å². The van der Waals surface area contributed by atoms with Crippen molar-refractivity contribution in [3.63, 3.8) is 0 Å². The van der Waals surface area contributed by atoms with Crippen molar-refractivity contribution in [3.8, 4) is 33.5 Å². The van der Waals surface area contributed by atoms with E-state index >= 15 is 0 Å². The minimum atomic E-state index is -1.86. The van der Waals surface area contributed by atoms with Crippen LogP contribution in [-0.4, -0.2) is 24.0 Å². The Morgan fingerprint density at radius 1 is 0.677 bits per heavy atom. The third-order valence-electron chi connectivity index (χ3n) is 12.3. The molecule has 10 rings (SSSR count). The van der Waals surface area contributed by atoms with E-state index in [1.165, 1.54) is 44.5 Å². The van der Waals surface area contributed by atoms with Gasteiger partial charge in [-0.1, -0.05) is 141 Å². The number of para-hydroxylation sites is 2. The summed E-state index contributed by atoms with van der Waals surface area (Å²) in [5.41, 5.74) is 16.8. The second kappa shape index (κ2) is 19.1. The van der Waals surface area contributed by atoms with Gasteiger partial charge in [-0.15, -0.1) is 18.2 Å². The number of rotatable bonds is 8. The van der Waals surface area contributed by atoms with Crippen molar-refractivity contribution in [2.45, 2.75) is 69.6 Å². The molecule has 7 aromatic carbocycles. The van der Waals surface area contributed by atoms with E-state index in [9.17, 15) is 0 Å². The number of aliphatic imine (C=N–C) groups is 1. The topological polar surface area (TPSA) is 38.4 Å².